The van der Waals surface area contributed by atoms with Gasteiger partial charge in [-0.15, -0.1) is 0 Å². The van der Waals surface area contributed by atoms with Gasteiger partial charge in [-0.2, -0.15) is 18.3 Å². The molecule has 1 heterocycles. The van der Waals surface area contributed by atoms with E-state index in [4.69, 9.17) is 0 Å². The SMILES string of the molecule is Cc1nn(C)cc1NC(=O)c1ccccc1C(F)(F)F. The quantitative estimate of drug-likeness (QED) is 0.921. The van der Waals surface area contributed by atoms with Crippen LogP contribution in [0.4, 0.5) is 18.9 Å². The van der Waals surface area contributed by atoms with Crippen LogP contribution >= 0.6 is 0 Å². The number of halogens is 3. The minimum absolute atomic E-state index is 0.384. The van der Waals surface area contributed by atoms with Gasteiger partial charge in [-0.05, 0) is 19.1 Å². The molecule has 1 aromatic carbocycles. The number of anilines is 1. The molecule has 1 amide bonds. The van der Waals surface area contributed by atoms with Gasteiger partial charge in [0.2, 0.25) is 0 Å². The molecular formula is C13H12F3N3O. The van der Waals surface area contributed by atoms with Gasteiger partial charge in [-0.3, -0.25) is 9.48 Å². The zero-order chi connectivity index (χ0) is 14.9. The van der Waals surface area contributed by atoms with Crippen molar-refractivity contribution in [3.05, 3.63) is 47.3 Å². The Balaban J connectivity index is 2.33. The van der Waals surface area contributed by atoms with Crippen LogP contribution in [-0.2, 0) is 13.2 Å². The van der Waals surface area contributed by atoms with Crippen LogP contribution in [0.3, 0.4) is 0 Å². The second-order valence-corrected chi connectivity index (χ2v) is 4.30. The van der Waals surface area contributed by atoms with E-state index in [1.165, 1.54) is 23.0 Å². The van der Waals surface area contributed by atoms with E-state index < -0.39 is 23.2 Å². The molecule has 0 aliphatic rings. The number of aromatic nitrogens is 2. The number of hydrogen-bond donors (Lipinski definition) is 1. The van der Waals surface area contributed by atoms with Crippen LogP contribution < -0.4 is 5.32 Å². The van der Waals surface area contributed by atoms with Crippen molar-refractivity contribution in [2.45, 2.75) is 13.1 Å². The van der Waals surface area contributed by atoms with E-state index in [0.717, 1.165) is 12.1 Å². The summed E-state index contributed by atoms with van der Waals surface area (Å²) in [4.78, 5) is 12.0. The van der Waals surface area contributed by atoms with Crippen molar-refractivity contribution in [1.82, 2.24) is 9.78 Å². The number of alkyl halides is 3. The molecule has 0 bridgehead atoms. The number of nitrogens with one attached hydrogen (secondary N) is 1. The fourth-order valence-electron chi connectivity index (χ4n) is 1.84. The molecule has 0 aliphatic heterocycles. The Morgan fingerprint density at radius 2 is 1.95 bits per heavy atom. The first-order valence-electron chi connectivity index (χ1n) is 5.77. The first kappa shape index (κ1) is 14.1. The third kappa shape index (κ3) is 2.81. The Labute approximate surface area is 113 Å². The standard InChI is InChI=1S/C13H12F3N3O/c1-8-11(7-19(2)18-8)17-12(20)9-5-3-4-6-10(9)13(14,15)16/h3-7H,1-2H3,(H,17,20). The summed E-state index contributed by atoms with van der Waals surface area (Å²) in [6, 6.07) is 4.66. The highest BCUT2D eigenvalue weighted by atomic mass is 19.4. The fraction of sp³-hybridized carbons (Fsp3) is 0.231. The monoisotopic (exact) mass is 283 g/mol. The van der Waals surface area contributed by atoms with Crippen LogP contribution in [0.1, 0.15) is 21.6 Å². The van der Waals surface area contributed by atoms with E-state index in [0.29, 0.717) is 11.4 Å². The summed E-state index contributed by atoms with van der Waals surface area (Å²) in [6.45, 7) is 1.66. The maximum atomic E-state index is 12.8. The highest BCUT2D eigenvalue weighted by Gasteiger charge is 2.34. The van der Waals surface area contributed by atoms with Crippen molar-refractivity contribution in [2.24, 2.45) is 7.05 Å². The van der Waals surface area contributed by atoms with E-state index >= 15 is 0 Å². The summed E-state index contributed by atoms with van der Waals surface area (Å²) in [5.41, 5.74) is -0.456. The Bertz CT molecular complexity index is 647. The lowest BCUT2D eigenvalue weighted by molar-refractivity contribution is -0.137. The van der Waals surface area contributed by atoms with Gasteiger partial charge in [0.1, 0.15) is 0 Å². The van der Waals surface area contributed by atoms with Crippen molar-refractivity contribution in [3.63, 3.8) is 0 Å². The second-order valence-electron chi connectivity index (χ2n) is 4.30. The van der Waals surface area contributed by atoms with Crippen LogP contribution in [-0.4, -0.2) is 15.7 Å². The zero-order valence-electron chi connectivity index (χ0n) is 10.8. The number of carbonyl (C=O) groups is 1. The van der Waals surface area contributed by atoms with E-state index in [1.54, 1.807) is 14.0 Å². The lowest BCUT2D eigenvalue weighted by Crippen LogP contribution is -2.18. The van der Waals surface area contributed by atoms with Gasteiger partial charge in [-0.25, -0.2) is 0 Å². The molecule has 1 aromatic heterocycles. The lowest BCUT2D eigenvalue weighted by atomic mass is 10.1. The van der Waals surface area contributed by atoms with Gasteiger partial charge in [0.25, 0.3) is 5.91 Å². The molecule has 0 aliphatic carbocycles. The molecule has 20 heavy (non-hydrogen) atoms. The molecule has 0 fully saturated rings. The highest BCUT2D eigenvalue weighted by Crippen LogP contribution is 2.32. The van der Waals surface area contributed by atoms with Gasteiger partial charge >= 0.3 is 6.18 Å². The van der Waals surface area contributed by atoms with Gasteiger partial charge in [0, 0.05) is 13.2 Å². The first-order valence-corrected chi connectivity index (χ1v) is 5.77. The molecule has 2 aromatic rings. The smallest absolute Gasteiger partial charge is 0.319 e. The lowest BCUT2D eigenvalue weighted by Gasteiger charge is -2.12. The molecule has 1 N–H and O–H groups in total. The Morgan fingerprint density at radius 1 is 1.30 bits per heavy atom. The maximum absolute atomic E-state index is 12.8. The van der Waals surface area contributed by atoms with Crippen LogP contribution in [0.25, 0.3) is 0 Å². The van der Waals surface area contributed by atoms with Gasteiger partial charge in [0.05, 0.1) is 22.5 Å². The van der Waals surface area contributed by atoms with Crippen LogP contribution in [0.15, 0.2) is 30.5 Å². The number of nitrogens with zero attached hydrogens (tertiary/aromatic N) is 2. The number of hydrogen-bond acceptors (Lipinski definition) is 2. The molecule has 106 valence electrons. The first-order chi connectivity index (χ1) is 9.29. The minimum Gasteiger partial charge on any atom is -0.319 e. The summed E-state index contributed by atoms with van der Waals surface area (Å²) < 4.78 is 40.0. The third-order valence-corrected chi connectivity index (χ3v) is 2.74. The van der Waals surface area contributed by atoms with Crippen molar-refractivity contribution in [3.8, 4) is 0 Å². The predicted octanol–water partition coefficient (Wildman–Crippen LogP) is 3.00. The summed E-state index contributed by atoms with van der Waals surface area (Å²) >= 11 is 0. The number of aryl methyl sites for hydroxylation is 2. The van der Waals surface area contributed by atoms with E-state index in [9.17, 15) is 18.0 Å². The topological polar surface area (TPSA) is 46.9 Å². The molecule has 0 radical (unpaired) electrons. The fourth-order valence-corrected chi connectivity index (χ4v) is 1.84. The normalized spacial score (nSPS) is 11.4. The van der Waals surface area contributed by atoms with Crippen LogP contribution in [0, 0.1) is 6.92 Å². The molecule has 0 atom stereocenters. The van der Waals surface area contributed by atoms with E-state index in [2.05, 4.69) is 10.4 Å². The molecular weight excluding hydrogens is 271 g/mol. The van der Waals surface area contributed by atoms with Crippen molar-refractivity contribution in [2.75, 3.05) is 5.32 Å². The Hall–Kier alpha value is -2.31. The Morgan fingerprint density at radius 3 is 2.50 bits per heavy atom. The zero-order valence-corrected chi connectivity index (χ0v) is 10.8. The number of amides is 1. The van der Waals surface area contributed by atoms with E-state index in [-0.39, 0.29) is 0 Å². The van der Waals surface area contributed by atoms with Gasteiger partial charge in [-0.1, -0.05) is 12.1 Å². The number of carbonyl (C=O) groups excluding carboxylic acids is 1. The summed E-state index contributed by atoms with van der Waals surface area (Å²) in [6.07, 6.45) is -3.04. The predicted molar refractivity (Wildman–Crippen MR) is 67.3 cm³/mol. The number of benzene rings is 1. The largest absolute Gasteiger partial charge is 0.417 e. The molecule has 7 heteroatoms. The van der Waals surface area contributed by atoms with E-state index in [1.807, 2.05) is 0 Å². The van der Waals surface area contributed by atoms with Gasteiger partial charge < -0.3 is 5.32 Å². The number of rotatable bonds is 2. The molecule has 0 saturated carbocycles. The minimum atomic E-state index is -4.57. The summed E-state index contributed by atoms with van der Waals surface area (Å²) in [5, 5.41) is 6.45. The molecule has 4 nitrogen and oxygen atoms in total. The van der Waals surface area contributed by atoms with Crippen LogP contribution in [0.2, 0.25) is 0 Å². The Kier molecular flexibility index (Phi) is 3.52. The van der Waals surface area contributed by atoms with Crippen molar-refractivity contribution in [1.29, 1.82) is 0 Å². The third-order valence-electron chi connectivity index (χ3n) is 2.74. The summed E-state index contributed by atoms with van der Waals surface area (Å²) in [7, 11) is 1.66. The maximum Gasteiger partial charge on any atom is 0.417 e. The summed E-state index contributed by atoms with van der Waals surface area (Å²) in [5.74, 6) is -0.811. The molecule has 0 saturated heterocycles. The second kappa shape index (κ2) is 4.99. The molecule has 0 unspecified atom stereocenters. The average Bonchev–Trinajstić information content (AvgIpc) is 2.66. The van der Waals surface area contributed by atoms with Gasteiger partial charge in [0.15, 0.2) is 0 Å². The van der Waals surface area contributed by atoms with Crippen molar-refractivity contribution >= 4 is 11.6 Å². The molecule has 0 spiro atoms. The molecule has 2 rings (SSSR count). The van der Waals surface area contributed by atoms with Crippen molar-refractivity contribution < 1.29 is 18.0 Å². The average molecular weight is 283 g/mol. The highest BCUT2D eigenvalue weighted by molar-refractivity contribution is 6.05. The van der Waals surface area contributed by atoms with Crippen LogP contribution in [0.5, 0.6) is 0 Å².